The topological polar surface area (TPSA) is 104 Å². The summed E-state index contributed by atoms with van der Waals surface area (Å²) in [5, 5.41) is 12.9. The molecule has 1 aliphatic rings. The van der Waals surface area contributed by atoms with Crippen molar-refractivity contribution < 1.29 is 14.5 Å². The van der Waals surface area contributed by atoms with Crippen molar-refractivity contribution in [3.8, 4) is 0 Å². The molecule has 0 aliphatic carbocycles. The summed E-state index contributed by atoms with van der Waals surface area (Å²) >= 11 is 2.60. The lowest BCUT2D eigenvalue weighted by Gasteiger charge is -2.22. The number of nitrogens with zero attached hydrogens (tertiary/aromatic N) is 3. The SMILES string of the molecule is COC(=O)C1=C(C)N=c2s/c(=C/c3cccc([N+](=O)[O-])c3)c(=O)n2C1c1cccs1. The van der Waals surface area contributed by atoms with Gasteiger partial charge in [0.2, 0.25) is 0 Å². The molecule has 0 amide bonds. The molecular weight excluding hydrogens is 426 g/mol. The number of carbonyl (C=O) groups is 1. The number of rotatable bonds is 4. The number of non-ortho nitro benzene ring substituents is 1. The molecule has 0 bridgehead atoms. The molecule has 1 unspecified atom stereocenters. The van der Waals surface area contributed by atoms with Gasteiger partial charge in [-0.1, -0.05) is 29.5 Å². The fourth-order valence-corrected chi connectivity index (χ4v) is 5.16. The van der Waals surface area contributed by atoms with Crippen molar-refractivity contribution in [1.29, 1.82) is 0 Å². The summed E-state index contributed by atoms with van der Waals surface area (Å²) in [7, 11) is 1.29. The maximum atomic E-state index is 13.3. The van der Waals surface area contributed by atoms with Crippen LogP contribution in [0.25, 0.3) is 6.08 Å². The van der Waals surface area contributed by atoms with E-state index >= 15 is 0 Å². The van der Waals surface area contributed by atoms with Gasteiger partial charge in [0.05, 0.1) is 27.8 Å². The van der Waals surface area contributed by atoms with Crippen LogP contribution >= 0.6 is 22.7 Å². The summed E-state index contributed by atoms with van der Waals surface area (Å²) in [4.78, 5) is 42.1. The van der Waals surface area contributed by atoms with E-state index < -0.39 is 16.9 Å². The number of ether oxygens (including phenoxy) is 1. The number of aromatic nitrogens is 1. The maximum Gasteiger partial charge on any atom is 0.338 e. The molecule has 1 aromatic carbocycles. The average Bonchev–Trinajstić information content (AvgIpc) is 3.36. The van der Waals surface area contributed by atoms with Crippen LogP contribution in [0.4, 0.5) is 5.69 Å². The van der Waals surface area contributed by atoms with Crippen LogP contribution in [0.5, 0.6) is 0 Å². The number of thiophene rings is 1. The summed E-state index contributed by atoms with van der Waals surface area (Å²) in [6.07, 6.45) is 1.60. The first kappa shape index (κ1) is 19.9. The van der Waals surface area contributed by atoms with Crippen molar-refractivity contribution in [3.05, 3.63) is 93.3 Å². The Morgan fingerprint density at radius 1 is 1.33 bits per heavy atom. The number of thiazole rings is 1. The second kappa shape index (κ2) is 7.81. The average molecular weight is 441 g/mol. The number of allylic oxidation sites excluding steroid dienone is 1. The molecule has 8 nitrogen and oxygen atoms in total. The Labute approximate surface area is 177 Å². The van der Waals surface area contributed by atoms with Crippen molar-refractivity contribution >= 4 is 40.4 Å². The summed E-state index contributed by atoms with van der Waals surface area (Å²) in [6, 6.07) is 9.11. The second-order valence-corrected chi connectivity index (χ2v) is 8.43. The van der Waals surface area contributed by atoms with Crippen molar-refractivity contribution in [3.63, 3.8) is 0 Å². The molecule has 4 rings (SSSR count). The molecule has 1 aliphatic heterocycles. The molecule has 10 heteroatoms. The van der Waals surface area contributed by atoms with E-state index in [4.69, 9.17) is 4.74 Å². The number of fused-ring (bicyclic) bond motifs is 1. The molecular formula is C20H15N3O5S2. The van der Waals surface area contributed by atoms with Crippen LogP contribution < -0.4 is 14.9 Å². The largest absolute Gasteiger partial charge is 0.466 e. The Hall–Kier alpha value is -3.37. The van der Waals surface area contributed by atoms with Gasteiger partial charge in [-0.25, -0.2) is 9.79 Å². The van der Waals surface area contributed by atoms with Gasteiger partial charge in [0, 0.05) is 17.0 Å². The molecule has 30 heavy (non-hydrogen) atoms. The third-order valence-electron chi connectivity index (χ3n) is 4.62. The highest BCUT2D eigenvalue weighted by atomic mass is 32.1. The standard InChI is InChI=1S/C20H15N3O5S2/c1-11-16(19(25)28-2)17(14-7-4-8-29-14)22-18(24)15(30-20(22)21-11)10-12-5-3-6-13(9-12)23(26)27/h3-10,17H,1-2H3/b15-10+. The van der Waals surface area contributed by atoms with Crippen molar-refractivity contribution in [2.45, 2.75) is 13.0 Å². The number of benzene rings is 1. The van der Waals surface area contributed by atoms with E-state index in [0.717, 1.165) is 4.88 Å². The molecule has 0 saturated carbocycles. The van der Waals surface area contributed by atoms with Crippen LogP contribution in [-0.2, 0) is 9.53 Å². The molecule has 0 N–H and O–H groups in total. The van der Waals surface area contributed by atoms with E-state index in [1.54, 1.807) is 25.1 Å². The highest BCUT2D eigenvalue weighted by Gasteiger charge is 2.33. The zero-order chi connectivity index (χ0) is 21.4. The normalized spacial score (nSPS) is 16.2. The lowest BCUT2D eigenvalue weighted by Crippen LogP contribution is -2.39. The Kier molecular flexibility index (Phi) is 5.18. The first-order valence-electron chi connectivity index (χ1n) is 8.79. The van der Waals surface area contributed by atoms with Crippen LogP contribution in [0.3, 0.4) is 0 Å². The van der Waals surface area contributed by atoms with E-state index in [1.807, 2.05) is 17.5 Å². The van der Waals surface area contributed by atoms with Gasteiger partial charge in [0.1, 0.15) is 6.04 Å². The second-order valence-electron chi connectivity index (χ2n) is 6.44. The molecule has 0 saturated heterocycles. The van der Waals surface area contributed by atoms with Crippen LogP contribution in [0.2, 0.25) is 0 Å². The predicted molar refractivity (Wildman–Crippen MR) is 113 cm³/mol. The summed E-state index contributed by atoms with van der Waals surface area (Å²) in [5.74, 6) is -0.539. The first-order chi connectivity index (χ1) is 14.4. The van der Waals surface area contributed by atoms with E-state index in [1.165, 1.54) is 46.5 Å². The van der Waals surface area contributed by atoms with Crippen LogP contribution in [0.1, 0.15) is 23.4 Å². The number of hydrogen-bond acceptors (Lipinski definition) is 8. The first-order valence-corrected chi connectivity index (χ1v) is 10.5. The maximum absolute atomic E-state index is 13.3. The van der Waals surface area contributed by atoms with Gasteiger partial charge in [-0.3, -0.25) is 19.5 Å². The molecule has 2 aromatic heterocycles. The van der Waals surface area contributed by atoms with Gasteiger partial charge in [0.15, 0.2) is 4.80 Å². The zero-order valence-corrected chi connectivity index (χ0v) is 17.5. The highest BCUT2D eigenvalue weighted by Crippen LogP contribution is 2.32. The molecule has 0 fully saturated rings. The minimum atomic E-state index is -0.638. The smallest absolute Gasteiger partial charge is 0.338 e. The molecule has 0 radical (unpaired) electrons. The van der Waals surface area contributed by atoms with Crippen molar-refractivity contribution in [2.75, 3.05) is 7.11 Å². The quantitative estimate of drug-likeness (QED) is 0.351. The summed E-state index contributed by atoms with van der Waals surface area (Å²) in [6.45, 7) is 1.71. The number of nitro groups is 1. The van der Waals surface area contributed by atoms with E-state index in [0.29, 0.717) is 26.2 Å². The van der Waals surface area contributed by atoms with Gasteiger partial charge in [0.25, 0.3) is 11.2 Å². The Balaban J connectivity index is 1.94. The number of methoxy groups -OCH3 is 1. The summed E-state index contributed by atoms with van der Waals surface area (Å²) < 4.78 is 6.80. The molecule has 3 aromatic rings. The van der Waals surface area contributed by atoms with Gasteiger partial charge < -0.3 is 4.74 Å². The Morgan fingerprint density at radius 3 is 2.80 bits per heavy atom. The molecule has 1 atom stereocenters. The van der Waals surface area contributed by atoms with Gasteiger partial charge >= 0.3 is 5.97 Å². The molecule has 0 spiro atoms. The van der Waals surface area contributed by atoms with Crippen molar-refractivity contribution in [2.24, 2.45) is 4.99 Å². The fraction of sp³-hybridized carbons (Fsp3) is 0.150. The van der Waals surface area contributed by atoms with E-state index in [2.05, 4.69) is 4.99 Å². The van der Waals surface area contributed by atoms with E-state index in [9.17, 15) is 19.7 Å². The number of hydrogen-bond donors (Lipinski definition) is 0. The van der Waals surface area contributed by atoms with Crippen LogP contribution in [0.15, 0.2) is 62.8 Å². The van der Waals surface area contributed by atoms with Crippen LogP contribution in [-0.4, -0.2) is 22.6 Å². The predicted octanol–water partition coefficient (Wildman–Crippen LogP) is 2.38. The highest BCUT2D eigenvalue weighted by molar-refractivity contribution is 7.10. The number of nitro benzene ring substituents is 1. The lowest BCUT2D eigenvalue weighted by molar-refractivity contribution is -0.384. The summed E-state index contributed by atoms with van der Waals surface area (Å²) in [5.41, 5.74) is 0.957. The zero-order valence-electron chi connectivity index (χ0n) is 15.9. The van der Waals surface area contributed by atoms with Gasteiger partial charge in [-0.15, -0.1) is 11.3 Å². The minimum absolute atomic E-state index is 0.0585. The molecule has 152 valence electrons. The molecule has 3 heterocycles. The number of esters is 1. The van der Waals surface area contributed by atoms with Gasteiger partial charge in [-0.2, -0.15) is 0 Å². The van der Waals surface area contributed by atoms with E-state index in [-0.39, 0.29) is 11.2 Å². The number of carbonyl (C=O) groups excluding carboxylic acids is 1. The van der Waals surface area contributed by atoms with Crippen LogP contribution in [0, 0.1) is 10.1 Å². The van der Waals surface area contributed by atoms with Gasteiger partial charge in [-0.05, 0) is 30.0 Å². The third kappa shape index (κ3) is 3.40. The Bertz CT molecular complexity index is 1370. The van der Waals surface area contributed by atoms with Crippen molar-refractivity contribution in [1.82, 2.24) is 4.57 Å². The lowest BCUT2D eigenvalue weighted by atomic mass is 10.0. The fourth-order valence-electron chi connectivity index (χ4n) is 3.29. The minimum Gasteiger partial charge on any atom is -0.466 e. The Morgan fingerprint density at radius 2 is 2.13 bits per heavy atom. The monoisotopic (exact) mass is 441 g/mol. The third-order valence-corrected chi connectivity index (χ3v) is 6.53.